The third-order valence-electron chi connectivity index (χ3n) is 4.41. The summed E-state index contributed by atoms with van der Waals surface area (Å²) >= 11 is 6.18. The maximum Gasteiger partial charge on any atom is 0.141 e. The number of fused-ring (bicyclic) bond motifs is 1. The number of methoxy groups -OCH3 is 1. The van der Waals surface area contributed by atoms with Gasteiger partial charge in [-0.2, -0.15) is 0 Å². The Morgan fingerprint density at radius 2 is 1.67 bits per heavy atom. The zero-order chi connectivity index (χ0) is 18.6. The molecule has 0 spiro atoms. The Kier molecular flexibility index (Phi) is 4.99. The fraction of sp³-hybridized carbons (Fsp3) is 0.136. The molecule has 0 radical (unpaired) electrons. The van der Waals surface area contributed by atoms with Crippen LogP contribution >= 0.6 is 11.6 Å². The van der Waals surface area contributed by atoms with Gasteiger partial charge < -0.3 is 14.0 Å². The minimum absolute atomic E-state index is 0.493. The average Bonchev–Trinajstić information content (AvgIpc) is 3.08. The van der Waals surface area contributed by atoms with E-state index in [1.165, 1.54) is 0 Å². The normalized spacial score (nSPS) is 10.9. The highest BCUT2D eigenvalue weighted by Gasteiger charge is 2.13. The van der Waals surface area contributed by atoms with Crippen LogP contribution in [-0.4, -0.2) is 23.3 Å². The topological polar surface area (TPSA) is 36.3 Å². The van der Waals surface area contributed by atoms with Gasteiger partial charge in [0.05, 0.1) is 29.7 Å². The number of rotatable bonds is 6. The second kappa shape index (κ2) is 7.72. The van der Waals surface area contributed by atoms with Crippen LogP contribution < -0.4 is 9.47 Å². The molecular formula is C22H19ClN2O2. The van der Waals surface area contributed by atoms with E-state index in [0.717, 1.165) is 28.2 Å². The van der Waals surface area contributed by atoms with Crippen molar-refractivity contribution in [2.45, 2.75) is 6.54 Å². The van der Waals surface area contributed by atoms with E-state index >= 15 is 0 Å². The van der Waals surface area contributed by atoms with E-state index in [2.05, 4.69) is 10.6 Å². The predicted octanol–water partition coefficient (Wildman–Crippen LogP) is 5.44. The average molecular weight is 379 g/mol. The summed E-state index contributed by atoms with van der Waals surface area (Å²) in [5.74, 6) is 2.42. The second-order valence-electron chi connectivity index (χ2n) is 6.08. The lowest BCUT2D eigenvalue weighted by Gasteiger charge is -2.12. The maximum absolute atomic E-state index is 6.18. The molecule has 0 amide bonds. The van der Waals surface area contributed by atoms with Gasteiger partial charge in [0.15, 0.2) is 0 Å². The molecule has 0 atom stereocenters. The van der Waals surface area contributed by atoms with Gasteiger partial charge in [-0.15, -0.1) is 0 Å². The van der Waals surface area contributed by atoms with Gasteiger partial charge in [0, 0.05) is 5.56 Å². The molecule has 3 aromatic carbocycles. The van der Waals surface area contributed by atoms with Crippen molar-refractivity contribution in [3.05, 3.63) is 77.8 Å². The van der Waals surface area contributed by atoms with Gasteiger partial charge in [0.1, 0.15) is 23.9 Å². The highest BCUT2D eigenvalue weighted by Crippen LogP contribution is 2.27. The van der Waals surface area contributed by atoms with Crippen LogP contribution in [0.5, 0.6) is 11.5 Å². The Balaban J connectivity index is 1.64. The van der Waals surface area contributed by atoms with Gasteiger partial charge in [0.25, 0.3) is 0 Å². The molecule has 0 bridgehead atoms. The summed E-state index contributed by atoms with van der Waals surface area (Å²) in [5, 5.41) is 0.614. The monoisotopic (exact) mass is 378 g/mol. The van der Waals surface area contributed by atoms with Crippen molar-refractivity contribution in [2.24, 2.45) is 0 Å². The van der Waals surface area contributed by atoms with E-state index in [-0.39, 0.29) is 0 Å². The first-order valence-corrected chi connectivity index (χ1v) is 9.11. The Morgan fingerprint density at radius 1 is 0.926 bits per heavy atom. The molecule has 27 heavy (non-hydrogen) atoms. The molecule has 1 heterocycles. The molecule has 0 aliphatic heterocycles. The Morgan fingerprint density at radius 3 is 2.44 bits per heavy atom. The minimum atomic E-state index is 0.493. The van der Waals surface area contributed by atoms with Gasteiger partial charge in [-0.1, -0.05) is 35.9 Å². The molecule has 0 saturated heterocycles. The van der Waals surface area contributed by atoms with Crippen LogP contribution in [0.15, 0.2) is 72.8 Å². The van der Waals surface area contributed by atoms with E-state index in [1.54, 1.807) is 7.11 Å². The van der Waals surface area contributed by atoms with Gasteiger partial charge >= 0.3 is 0 Å². The van der Waals surface area contributed by atoms with Gasteiger partial charge in [-0.25, -0.2) is 4.98 Å². The van der Waals surface area contributed by atoms with Crippen molar-refractivity contribution in [1.29, 1.82) is 0 Å². The lowest BCUT2D eigenvalue weighted by molar-refractivity contribution is 0.301. The molecule has 0 fully saturated rings. The van der Waals surface area contributed by atoms with Crippen LogP contribution in [0.25, 0.3) is 22.4 Å². The summed E-state index contributed by atoms with van der Waals surface area (Å²) in [5.41, 5.74) is 3.07. The summed E-state index contributed by atoms with van der Waals surface area (Å²) in [4.78, 5) is 4.82. The van der Waals surface area contributed by atoms with Crippen LogP contribution in [0.1, 0.15) is 0 Å². The summed E-state index contributed by atoms with van der Waals surface area (Å²) in [6, 6.07) is 23.5. The molecular weight excluding hydrogens is 360 g/mol. The first kappa shape index (κ1) is 17.4. The first-order valence-electron chi connectivity index (χ1n) is 8.73. The number of nitrogens with zero attached hydrogens (tertiary/aromatic N) is 2. The molecule has 5 heteroatoms. The number of imidazole rings is 1. The smallest absolute Gasteiger partial charge is 0.141 e. The highest BCUT2D eigenvalue weighted by atomic mass is 35.5. The third-order valence-corrected chi connectivity index (χ3v) is 4.72. The molecule has 0 aliphatic rings. The molecule has 4 aromatic rings. The summed E-state index contributed by atoms with van der Waals surface area (Å²) in [7, 11) is 1.66. The lowest BCUT2D eigenvalue weighted by Crippen LogP contribution is -2.09. The van der Waals surface area contributed by atoms with Crippen molar-refractivity contribution in [1.82, 2.24) is 9.55 Å². The molecule has 0 saturated carbocycles. The molecule has 0 aliphatic carbocycles. The molecule has 0 unspecified atom stereocenters. The number of halogens is 1. The Labute approximate surface area is 162 Å². The second-order valence-corrected chi connectivity index (χ2v) is 6.49. The Hall–Kier alpha value is -2.98. The lowest BCUT2D eigenvalue weighted by atomic mass is 10.2. The van der Waals surface area contributed by atoms with Crippen molar-refractivity contribution >= 4 is 22.6 Å². The summed E-state index contributed by atoms with van der Waals surface area (Å²) in [6.45, 7) is 1.15. The van der Waals surface area contributed by atoms with Gasteiger partial charge in [-0.05, 0) is 48.5 Å². The fourth-order valence-corrected chi connectivity index (χ4v) is 3.26. The summed E-state index contributed by atoms with van der Waals surface area (Å²) < 4.78 is 13.3. The number of ether oxygens (including phenoxy) is 2. The van der Waals surface area contributed by atoms with Crippen LogP contribution in [-0.2, 0) is 6.54 Å². The quantitative estimate of drug-likeness (QED) is 0.448. The van der Waals surface area contributed by atoms with Crippen LogP contribution in [0.2, 0.25) is 5.02 Å². The van der Waals surface area contributed by atoms with Crippen molar-refractivity contribution < 1.29 is 9.47 Å². The number of para-hydroxylation sites is 3. The van der Waals surface area contributed by atoms with Crippen molar-refractivity contribution in [3.8, 4) is 22.9 Å². The molecule has 4 nitrogen and oxygen atoms in total. The zero-order valence-corrected chi connectivity index (χ0v) is 15.7. The number of benzene rings is 3. The molecule has 4 rings (SSSR count). The maximum atomic E-state index is 6.18. The number of aromatic nitrogens is 2. The third kappa shape index (κ3) is 3.62. The van der Waals surface area contributed by atoms with Crippen molar-refractivity contribution in [3.63, 3.8) is 0 Å². The SMILES string of the molecule is COc1ccc(-c2nc3ccccc3n2CCOc2ccccc2Cl)cc1. The standard InChI is InChI=1S/C22H19ClN2O2/c1-26-17-12-10-16(11-13-17)22-24-19-7-3-4-8-20(19)25(22)14-15-27-21-9-5-2-6-18(21)23/h2-13H,14-15H2,1H3. The zero-order valence-electron chi connectivity index (χ0n) is 14.9. The predicted molar refractivity (Wildman–Crippen MR) is 109 cm³/mol. The first-order chi connectivity index (χ1) is 13.3. The highest BCUT2D eigenvalue weighted by molar-refractivity contribution is 6.32. The minimum Gasteiger partial charge on any atom is -0.497 e. The molecule has 136 valence electrons. The van der Waals surface area contributed by atoms with Crippen molar-refractivity contribution in [2.75, 3.05) is 13.7 Å². The fourth-order valence-electron chi connectivity index (χ4n) is 3.07. The number of hydrogen-bond donors (Lipinski definition) is 0. The molecule has 1 aromatic heterocycles. The largest absolute Gasteiger partial charge is 0.497 e. The van der Waals surface area contributed by atoms with Crippen LogP contribution in [0, 0.1) is 0 Å². The van der Waals surface area contributed by atoms with Gasteiger partial charge in [0.2, 0.25) is 0 Å². The van der Waals surface area contributed by atoms with Crippen LogP contribution in [0.4, 0.5) is 0 Å². The van der Waals surface area contributed by atoms with Crippen LogP contribution in [0.3, 0.4) is 0 Å². The van der Waals surface area contributed by atoms with E-state index < -0.39 is 0 Å². The number of hydrogen-bond acceptors (Lipinski definition) is 3. The van der Waals surface area contributed by atoms with E-state index in [1.807, 2.05) is 66.7 Å². The van der Waals surface area contributed by atoms with Gasteiger partial charge in [-0.3, -0.25) is 0 Å². The van der Waals surface area contributed by atoms with E-state index in [4.69, 9.17) is 26.1 Å². The summed E-state index contributed by atoms with van der Waals surface area (Å²) in [6.07, 6.45) is 0. The Bertz CT molecular complexity index is 1060. The van der Waals surface area contributed by atoms with E-state index in [0.29, 0.717) is 23.9 Å². The molecule has 0 N–H and O–H groups in total. The van der Waals surface area contributed by atoms with E-state index in [9.17, 15) is 0 Å².